The van der Waals surface area contributed by atoms with Crippen molar-refractivity contribution in [3.8, 4) is 0 Å². The molecule has 0 amide bonds. The van der Waals surface area contributed by atoms with Gasteiger partial charge in [-0.1, -0.05) is 12.1 Å². The Bertz CT molecular complexity index is 396. The standard InChI is InChI=1S/C14H21FN2/c1-13(2)9-17(10-14(3,4)16-13)12-8-6-5-7-11(12)15/h5-8,16H,9-10H2,1-4H3. The SMILES string of the molecule is CC1(C)CN(c2ccccc2F)CC(C)(C)N1. The van der Waals surface area contributed by atoms with Gasteiger partial charge in [0.25, 0.3) is 0 Å². The van der Waals surface area contributed by atoms with Gasteiger partial charge in [0, 0.05) is 24.2 Å². The fourth-order valence-electron chi connectivity index (χ4n) is 2.88. The van der Waals surface area contributed by atoms with Gasteiger partial charge >= 0.3 is 0 Å². The van der Waals surface area contributed by atoms with Crippen LogP contribution in [0.3, 0.4) is 0 Å². The molecule has 0 bridgehead atoms. The number of hydrogen-bond donors (Lipinski definition) is 1. The maximum atomic E-state index is 13.8. The van der Waals surface area contributed by atoms with Gasteiger partial charge in [-0.2, -0.15) is 0 Å². The summed E-state index contributed by atoms with van der Waals surface area (Å²) in [6.45, 7) is 10.3. The van der Waals surface area contributed by atoms with Crippen molar-refractivity contribution in [2.45, 2.75) is 38.8 Å². The first-order chi connectivity index (χ1) is 7.79. The van der Waals surface area contributed by atoms with Crippen molar-refractivity contribution in [2.75, 3.05) is 18.0 Å². The Morgan fingerprint density at radius 3 is 2.12 bits per heavy atom. The predicted octanol–water partition coefficient (Wildman–Crippen LogP) is 2.79. The number of para-hydroxylation sites is 1. The van der Waals surface area contributed by atoms with Crippen molar-refractivity contribution in [1.29, 1.82) is 0 Å². The van der Waals surface area contributed by atoms with Crippen molar-refractivity contribution in [3.05, 3.63) is 30.1 Å². The molecule has 3 heteroatoms. The van der Waals surface area contributed by atoms with E-state index < -0.39 is 0 Å². The highest BCUT2D eigenvalue weighted by Gasteiger charge is 2.37. The molecule has 1 aliphatic rings. The molecule has 0 aromatic heterocycles. The number of halogens is 1. The number of nitrogens with zero attached hydrogens (tertiary/aromatic N) is 1. The number of hydrogen-bond acceptors (Lipinski definition) is 2. The normalized spacial score (nSPS) is 22.5. The summed E-state index contributed by atoms with van der Waals surface area (Å²) in [4.78, 5) is 2.13. The van der Waals surface area contributed by atoms with Crippen molar-refractivity contribution in [1.82, 2.24) is 5.32 Å². The number of benzene rings is 1. The molecule has 0 saturated carbocycles. The van der Waals surface area contributed by atoms with Gasteiger partial charge < -0.3 is 10.2 Å². The average molecular weight is 236 g/mol. The topological polar surface area (TPSA) is 15.3 Å². The Morgan fingerprint density at radius 2 is 1.59 bits per heavy atom. The molecular weight excluding hydrogens is 215 g/mol. The van der Waals surface area contributed by atoms with Gasteiger partial charge in [-0.3, -0.25) is 0 Å². The smallest absolute Gasteiger partial charge is 0.146 e. The fourth-order valence-corrected chi connectivity index (χ4v) is 2.88. The summed E-state index contributed by atoms with van der Waals surface area (Å²) < 4.78 is 13.8. The summed E-state index contributed by atoms with van der Waals surface area (Å²) in [5.74, 6) is -0.138. The van der Waals surface area contributed by atoms with E-state index in [0.29, 0.717) is 5.69 Å². The summed E-state index contributed by atoms with van der Waals surface area (Å²) >= 11 is 0. The predicted molar refractivity (Wildman–Crippen MR) is 69.9 cm³/mol. The van der Waals surface area contributed by atoms with Crippen LogP contribution in [0.15, 0.2) is 24.3 Å². The van der Waals surface area contributed by atoms with E-state index in [-0.39, 0.29) is 16.9 Å². The van der Waals surface area contributed by atoms with Gasteiger partial charge in [-0.25, -0.2) is 4.39 Å². The zero-order valence-corrected chi connectivity index (χ0v) is 11.0. The lowest BCUT2D eigenvalue weighted by atomic mass is 9.91. The van der Waals surface area contributed by atoms with E-state index in [0.717, 1.165) is 13.1 Å². The first kappa shape index (κ1) is 12.4. The first-order valence-corrected chi connectivity index (χ1v) is 6.08. The van der Waals surface area contributed by atoms with Crippen molar-refractivity contribution in [2.24, 2.45) is 0 Å². The summed E-state index contributed by atoms with van der Waals surface area (Å²) in [5.41, 5.74) is 0.684. The molecule has 2 rings (SSSR count). The monoisotopic (exact) mass is 236 g/mol. The molecule has 0 aliphatic carbocycles. The molecule has 1 saturated heterocycles. The third kappa shape index (κ3) is 2.78. The number of nitrogens with one attached hydrogen (secondary N) is 1. The second kappa shape index (κ2) is 3.98. The van der Waals surface area contributed by atoms with Crippen LogP contribution in [0.5, 0.6) is 0 Å². The Balaban J connectivity index is 2.30. The molecule has 0 radical (unpaired) electrons. The highest BCUT2D eigenvalue weighted by atomic mass is 19.1. The lowest BCUT2D eigenvalue weighted by Crippen LogP contribution is -2.67. The molecule has 1 heterocycles. The third-order valence-corrected chi connectivity index (χ3v) is 3.04. The second-order valence-electron chi connectivity index (χ2n) is 6.20. The fraction of sp³-hybridized carbons (Fsp3) is 0.571. The van der Waals surface area contributed by atoms with Crippen LogP contribution in [-0.4, -0.2) is 24.2 Å². The van der Waals surface area contributed by atoms with E-state index in [1.54, 1.807) is 6.07 Å². The zero-order chi connectivity index (χ0) is 12.7. The van der Waals surface area contributed by atoms with Gasteiger partial charge in [-0.15, -0.1) is 0 Å². The molecule has 0 spiro atoms. The minimum Gasteiger partial charge on any atom is -0.366 e. The van der Waals surface area contributed by atoms with Crippen LogP contribution in [0.2, 0.25) is 0 Å². The Kier molecular flexibility index (Phi) is 2.90. The van der Waals surface area contributed by atoms with Crippen LogP contribution in [0, 0.1) is 5.82 Å². The molecule has 1 aromatic rings. The Hall–Kier alpha value is -1.09. The van der Waals surface area contributed by atoms with Crippen LogP contribution in [0.1, 0.15) is 27.7 Å². The summed E-state index contributed by atoms with van der Waals surface area (Å²) in [6.07, 6.45) is 0. The highest BCUT2D eigenvalue weighted by molar-refractivity contribution is 5.49. The first-order valence-electron chi connectivity index (χ1n) is 6.08. The van der Waals surface area contributed by atoms with Crippen molar-refractivity contribution < 1.29 is 4.39 Å². The Morgan fingerprint density at radius 1 is 1.06 bits per heavy atom. The van der Waals surface area contributed by atoms with Crippen molar-refractivity contribution >= 4 is 5.69 Å². The number of anilines is 1. The van der Waals surface area contributed by atoms with Crippen LogP contribution in [0.4, 0.5) is 10.1 Å². The van der Waals surface area contributed by atoms with E-state index in [9.17, 15) is 4.39 Å². The van der Waals surface area contributed by atoms with Gasteiger partial charge in [0.1, 0.15) is 5.82 Å². The Labute approximate surface area is 103 Å². The molecule has 1 fully saturated rings. The summed E-state index contributed by atoms with van der Waals surface area (Å²) in [5, 5.41) is 3.59. The number of rotatable bonds is 1. The molecular formula is C14H21FN2. The molecule has 17 heavy (non-hydrogen) atoms. The van der Waals surface area contributed by atoms with Crippen LogP contribution >= 0.6 is 0 Å². The zero-order valence-electron chi connectivity index (χ0n) is 11.0. The molecule has 1 aromatic carbocycles. The maximum absolute atomic E-state index is 13.8. The van der Waals surface area contributed by atoms with Gasteiger partial charge in [0.2, 0.25) is 0 Å². The van der Waals surface area contributed by atoms with Crippen molar-refractivity contribution in [3.63, 3.8) is 0 Å². The third-order valence-electron chi connectivity index (χ3n) is 3.04. The summed E-state index contributed by atoms with van der Waals surface area (Å²) in [6, 6.07) is 7.00. The van der Waals surface area contributed by atoms with E-state index in [2.05, 4.69) is 37.9 Å². The van der Waals surface area contributed by atoms with Gasteiger partial charge in [-0.05, 0) is 39.8 Å². The second-order valence-corrected chi connectivity index (χ2v) is 6.20. The minimum atomic E-state index is -0.138. The summed E-state index contributed by atoms with van der Waals surface area (Å²) in [7, 11) is 0. The van der Waals surface area contributed by atoms with Gasteiger partial charge in [0.15, 0.2) is 0 Å². The molecule has 1 aliphatic heterocycles. The minimum absolute atomic E-state index is 0.00989. The van der Waals surface area contributed by atoms with Crippen LogP contribution in [-0.2, 0) is 0 Å². The molecule has 94 valence electrons. The van der Waals surface area contributed by atoms with E-state index in [1.807, 2.05) is 12.1 Å². The molecule has 2 nitrogen and oxygen atoms in total. The molecule has 1 N–H and O–H groups in total. The highest BCUT2D eigenvalue weighted by Crippen LogP contribution is 2.27. The molecule has 0 atom stereocenters. The lowest BCUT2D eigenvalue weighted by Gasteiger charge is -2.49. The lowest BCUT2D eigenvalue weighted by molar-refractivity contribution is 0.225. The van der Waals surface area contributed by atoms with E-state index in [4.69, 9.17) is 0 Å². The quantitative estimate of drug-likeness (QED) is 0.806. The maximum Gasteiger partial charge on any atom is 0.146 e. The van der Waals surface area contributed by atoms with Gasteiger partial charge in [0.05, 0.1) is 5.69 Å². The van der Waals surface area contributed by atoms with E-state index in [1.165, 1.54) is 6.07 Å². The molecule has 0 unspecified atom stereocenters. The average Bonchev–Trinajstić information content (AvgIpc) is 2.13. The van der Waals surface area contributed by atoms with Crippen LogP contribution in [0.25, 0.3) is 0 Å². The number of piperazine rings is 1. The largest absolute Gasteiger partial charge is 0.366 e. The van der Waals surface area contributed by atoms with Crippen LogP contribution < -0.4 is 10.2 Å². The van der Waals surface area contributed by atoms with E-state index >= 15 is 0 Å².